The number of methoxy groups -OCH3 is 1. The standard InChI is InChI=1S/C16H21N3O3/c1-21-12-16(15(18)20)7-2-8-19(16)9-10-22-14-5-3-13(11-17)4-6-14/h3-6H,2,7-10,12H2,1H3,(H2,18,20). The first-order chi connectivity index (χ1) is 10.6. The fourth-order valence-electron chi connectivity index (χ4n) is 2.91. The second-order valence-electron chi connectivity index (χ2n) is 5.40. The van der Waals surface area contributed by atoms with Crippen molar-refractivity contribution >= 4 is 5.91 Å². The molecule has 1 aliphatic rings. The summed E-state index contributed by atoms with van der Waals surface area (Å²) >= 11 is 0. The van der Waals surface area contributed by atoms with E-state index >= 15 is 0 Å². The molecule has 1 aromatic carbocycles. The van der Waals surface area contributed by atoms with Gasteiger partial charge in [-0.2, -0.15) is 5.26 Å². The number of ether oxygens (including phenoxy) is 2. The van der Waals surface area contributed by atoms with Gasteiger partial charge in [0.15, 0.2) is 0 Å². The van der Waals surface area contributed by atoms with Crippen LogP contribution in [0.1, 0.15) is 18.4 Å². The van der Waals surface area contributed by atoms with Crippen LogP contribution in [0.2, 0.25) is 0 Å². The lowest BCUT2D eigenvalue weighted by Gasteiger charge is -2.34. The quantitative estimate of drug-likeness (QED) is 0.808. The average molecular weight is 303 g/mol. The molecule has 0 spiro atoms. The van der Waals surface area contributed by atoms with E-state index in [9.17, 15) is 4.79 Å². The van der Waals surface area contributed by atoms with E-state index in [0.29, 0.717) is 37.5 Å². The van der Waals surface area contributed by atoms with E-state index in [1.807, 2.05) is 4.90 Å². The largest absolute Gasteiger partial charge is 0.492 e. The van der Waals surface area contributed by atoms with Crippen molar-refractivity contribution in [1.82, 2.24) is 4.90 Å². The molecule has 1 heterocycles. The number of nitrogens with two attached hydrogens (primary N) is 1. The average Bonchev–Trinajstić information content (AvgIpc) is 2.93. The summed E-state index contributed by atoms with van der Waals surface area (Å²) in [6.45, 7) is 2.17. The van der Waals surface area contributed by atoms with Crippen molar-refractivity contribution in [2.24, 2.45) is 5.73 Å². The van der Waals surface area contributed by atoms with Gasteiger partial charge in [-0.3, -0.25) is 9.69 Å². The van der Waals surface area contributed by atoms with Crippen molar-refractivity contribution in [1.29, 1.82) is 5.26 Å². The van der Waals surface area contributed by atoms with Gasteiger partial charge in [0.05, 0.1) is 18.2 Å². The van der Waals surface area contributed by atoms with Gasteiger partial charge < -0.3 is 15.2 Å². The Bertz CT molecular complexity index is 553. The topological polar surface area (TPSA) is 88.6 Å². The molecule has 6 nitrogen and oxygen atoms in total. The van der Waals surface area contributed by atoms with Crippen LogP contribution in [0.4, 0.5) is 0 Å². The lowest BCUT2D eigenvalue weighted by molar-refractivity contribution is -0.132. The van der Waals surface area contributed by atoms with E-state index in [-0.39, 0.29) is 5.91 Å². The van der Waals surface area contributed by atoms with Gasteiger partial charge in [-0.05, 0) is 43.7 Å². The van der Waals surface area contributed by atoms with Crippen molar-refractivity contribution in [3.63, 3.8) is 0 Å². The number of hydrogen-bond donors (Lipinski definition) is 1. The first kappa shape index (κ1) is 16.3. The van der Waals surface area contributed by atoms with Gasteiger partial charge in [0, 0.05) is 13.7 Å². The number of nitrogens with zero attached hydrogens (tertiary/aromatic N) is 2. The predicted molar refractivity (Wildman–Crippen MR) is 81.3 cm³/mol. The van der Waals surface area contributed by atoms with Crippen molar-refractivity contribution in [3.8, 4) is 11.8 Å². The minimum atomic E-state index is -0.719. The summed E-state index contributed by atoms with van der Waals surface area (Å²) in [5.41, 5.74) is 5.47. The Morgan fingerprint density at radius 1 is 1.45 bits per heavy atom. The first-order valence-electron chi connectivity index (χ1n) is 7.29. The molecule has 2 rings (SSSR count). The second-order valence-corrected chi connectivity index (χ2v) is 5.40. The van der Waals surface area contributed by atoms with Crippen molar-refractivity contribution in [2.45, 2.75) is 18.4 Å². The second kappa shape index (κ2) is 7.25. The Hall–Kier alpha value is -2.10. The van der Waals surface area contributed by atoms with E-state index in [1.54, 1.807) is 31.4 Å². The molecule has 0 bridgehead atoms. The molecule has 0 radical (unpaired) electrons. The highest BCUT2D eigenvalue weighted by molar-refractivity contribution is 5.85. The number of amides is 1. The monoisotopic (exact) mass is 303 g/mol. The van der Waals surface area contributed by atoms with E-state index in [2.05, 4.69) is 6.07 Å². The molecule has 1 atom stereocenters. The number of rotatable bonds is 7. The molecule has 2 N–H and O–H groups in total. The molecule has 1 unspecified atom stereocenters. The van der Waals surface area contributed by atoms with Crippen LogP contribution in [-0.4, -0.2) is 49.8 Å². The van der Waals surface area contributed by atoms with Gasteiger partial charge >= 0.3 is 0 Å². The fraction of sp³-hybridized carbons (Fsp3) is 0.500. The van der Waals surface area contributed by atoms with E-state index in [0.717, 1.165) is 13.0 Å². The summed E-state index contributed by atoms with van der Waals surface area (Å²) in [7, 11) is 1.58. The van der Waals surface area contributed by atoms with Crippen LogP contribution in [0, 0.1) is 11.3 Å². The number of nitriles is 1. The normalized spacial score (nSPS) is 21.5. The third-order valence-corrected chi connectivity index (χ3v) is 4.08. The molecule has 0 saturated carbocycles. The van der Waals surface area contributed by atoms with E-state index < -0.39 is 5.54 Å². The molecule has 1 saturated heterocycles. The highest BCUT2D eigenvalue weighted by Gasteiger charge is 2.45. The van der Waals surface area contributed by atoms with Gasteiger partial charge in [-0.25, -0.2) is 0 Å². The summed E-state index contributed by atoms with van der Waals surface area (Å²) in [4.78, 5) is 13.9. The van der Waals surface area contributed by atoms with E-state index in [4.69, 9.17) is 20.5 Å². The SMILES string of the molecule is COCC1(C(N)=O)CCCN1CCOc1ccc(C#N)cc1. The van der Waals surface area contributed by atoms with E-state index in [1.165, 1.54) is 0 Å². The molecule has 1 amide bonds. The van der Waals surface area contributed by atoms with Crippen LogP contribution in [0.5, 0.6) is 5.75 Å². The Morgan fingerprint density at radius 2 is 2.18 bits per heavy atom. The van der Waals surface area contributed by atoms with Crippen LogP contribution < -0.4 is 10.5 Å². The van der Waals surface area contributed by atoms with Crippen LogP contribution in [0.15, 0.2) is 24.3 Å². The molecule has 6 heteroatoms. The zero-order valence-corrected chi connectivity index (χ0v) is 12.7. The Balaban J connectivity index is 1.92. The molecular weight excluding hydrogens is 282 g/mol. The molecule has 1 aliphatic heterocycles. The van der Waals surface area contributed by atoms with Crippen molar-refractivity contribution in [2.75, 3.05) is 33.4 Å². The Labute approximate surface area is 130 Å². The molecular formula is C16H21N3O3. The van der Waals surface area contributed by atoms with Gasteiger partial charge in [0.2, 0.25) is 5.91 Å². The number of benzene rings is 1. The number of carbonyl (C=O) groups is 1. The van der Waals surface area contributed by atoms with Crippen LogP contribution >= 0.6 is 0 Å². The molecule has 1 aromatic rings. The third kappa shape index (κ3) is 3.38. The lowest BCUT2D eigenvalue weighted by Crippen LogP contribution is -2.57. The highest BCUT2D eigenvalue weighted by atomic mass is 16.5. The molecule has 118 valence electrons. The van der Waals surface area contributed by atoms with Gasteiger partial charge in [0.1, 0.15) is 17.9 Å². The molecule has 0 aromatic heterocycles. The summed E-state index contributed by atoms with van der Waals surface area (Å²) in [5.74, 6) is 0.361. The lowest BCUT2D eigenvalue weighted by atomic mass is 9.96. The van der Waals surface area contributed by atoms with Gasteiger partial charge in [-0.15, -0.1) is 0 Å². The molecule has 22 heavy (non-hydrogen) atoms. The Kier molecular flexibility index (Phi) is 5.36. The maximum Gasteiger partial charge on any atom is 0.240 e. The maximum absolute atomic E-state index is 11.9. The summed E-state index contributed by atoms with van der Waals surface area (Å²) < 4.78 is 10.9. The molecule has 1 fully saturated rings. The number of carbonyl (C=O) groups excluding carboxylic acids is 1. The first-order valence-corrected chi connectivity index (χ1v) is 7.29. The van der Waals surface area contributed by atoms with Crippen LogP contribution in [-0.2, 0) is 9.53 Å². The summed E-state index contributed by atoms with van der Waals surface area (Å²) in [6.07, 6.45) is 1.64. The third-order valence-electron chi connectivity index (χ3n) is 4.08. The number of hydrogen-bond acceptors (Lipinski definition) is 5. The fourth-order valence-corrected chi connectivity index (χ4v) is 2.91. The molecule has 0 aliphatic carbocycles. The zero-order valence-electron chi connectivity index (χ0n) is 12.7. The Morgan fingerprint density at radius 3 is 2.77 bits per heavy atom. The zero-order chi connectivity index (χ0) is 16.0. The highest BCUT2D eigenvalue weighted by Crippen LogP contribution is 2.29. The summed E-state index contributed by atoms with van der Waals surface area (Å²) in [5, 5.41) is 8.76. The van der Waals surface area contributed by atoms with Crippen molar-refractivity contribution in [3.05, 3.63) is 29.8 Å². The maximum atomic E-state index is 11.9. The summed E-state index contributed by atoms with van der Waals surface area (Å²) in [6, 6.07) is 9.01. The number of likely N-dealkylation sites (tertiary alicyclic amines) is 1. The van der Waals surface area contributed by atoms with Gasteiger partial charge in [-0.1, -0.05) is 0 Å². The minimum Gasteiger partial charge on any atom is -0.492 e. The predicted octanol–water partition coefficient (Wildman–Crippen LogP) is 0.903. The van der Waals surface area contributed by atoms with Crippen molar-refractivity contribution < 1.29 is 14.3 Å². The smallest absolute Gasteiger partial charge is 0.240 e. The van der Waals surface area contributed by atoms with Gasteiger partial charge in [0.25, 0.3) is 0 Å². The minimum absolute atomic E-state index is 0.305. The number of primary amides is 1. The van der Waals surface area contributed by atoms with Crippen LogP contribution in [0.3, 0.4) is 0 Å². The van der Waals surface area contributed by atoms with Crippen LogP contribution in [0.25, 0.3) is 0 Å².